The van der Waals surface area contributed by atoms with Gasteiger partial charge in [-0.2, -0.15) is 0 Å². The molecule has 24 heavy (non-hydrogen) atoms. The van der Waals surface area contributed by atoms with E-state index >= 15 is 0 Å². The van der Waals surface area contributed by atoms with Crippen molar-refractivity contribution in [1.82, 2.24) is 5.12 Å². The number of nitrogens with zero attached hydrogens (tertiary/aromatic N) is 4. The fraction of sp³-hybridized carbons (Fsp3) is 0.333. The molecular formula is C15H14N4O5. The van der Waals surface area contributed by atoms with Gasteiger partial charge in [0.2, 0.25) is 5.91 Å². The van der Waals surface area contributed by atoms with Crippen molar-refractivity contribution in [1.29, 1.82) is 0 Å². The van der Waals surface area contributed by atoms with E-state index in [1.807, 2.05) is 13.8 Å². The Morgan fingerprint density at radius 1 is 1.21 bits per heavy atom. The third kappa shape index (κ3) is 2.08. The minimum Gasteiger partial charge on any atom is -0.464 e. The third-order valence-corrected chi connectivity index (χ3v) is 4.26. The number of nitroso groups, excluding NO2 is 1. The first-order chi connectivity index (χ1) is 11.4. The lowest BCUT2D eigenvalue weighted by Gasteiger charge is -2.17. The lowest BCUT2D eigenvalue weighted by molar-refractivity contribution is -0.133. The van der Waals surface area contributed by atoms with E-state index in [0.717, 1.165) is 23.1 Å². The number of amides is 2. The number of carbonyl (C=O) groups is 3. The molecule has 1 fully saturated rings. The average molecular weight is 330 g/mol. The second-order valence-electron chi connectivity index (χ2n) is 5.58. The first-order valence-corrected chi connectivity index (χ1v) is 7.15. The number of imide groups is 1. The van der Waals surface area contributed by atoms with E-state index in [4.69, 9.17) is 0 Å². The number of aryl methyl sites for hydroxylation is 2. The van der Waals surface area contributed by atoms with Crippen molar-refractivity contribution in [2.45, 2.75) is 19.9 Å². The summed E-state index contributed by atoms with van der Waals surface area (Å²) in [5.74, 6) is -3.37. The largest absolute Gasteiger partial charge is 0.464 e. The summed E-state index contributed by atoms with van der Waals surface area (Å²) in [7, 11) is 1.12. The number of hydrogen-bond acceptors (Lipinski definition) is 7. The van der Waals surface area contributed by atoms with Crippen molar-refractivity contribution in [2.24, 2.45) is 16.3 Å². The molecule has 0 N–H and O–H groups in total. The molecular weight excluding hydrogens is 316 g/mol. The van der Waals surface area contributed by atoms with Gasteiger partial charge in [-0.15, -0.1) is 15.1 Å². The Balaban J connectivity index is 2.05. The molecule has 1 aromatic carbocycles. The van der Waals surface area contributed by atoms with Crippen LogP contribution in [0.4, 0.5) is 5.69 Å². The highest BCUT2D eigenvalue weighted by Crippen LogP contribution is 2.35. The molecule has 0 radical (unpaired) electrons. The predicted octanol–water partition coefficient (Wildman–Crippen LogP) is 0.687. The van der Waals surface area contributed by atoms with E-state index in [2.05, 4.69) is 15.1 Å². The van der Waals surface area contributed by atoms with Gasteiger partial charge in [-0.25, -0.2) is 9.69 Å². The maximum Gasteiger partial charge on any atom is 0.355 e. The van der Waals surface area contributed by atoms with Crippen molar-refractivity contribution in [3.8, 4) is 0 Å². The van der Waals surface area contributed by atoms with Crippen LogP contribution >= 0.6 is 0 Å². The standard InChI is InChI=1S/C15H14N4O5/c1-7-4-5-9(6-8(7)2)18-13(20)10-11(15(22)24-3)16-19(17-23)12(10)14(18)21/h4-6,10,12H,1-3H3/t10-,12+/m1/s1. The highest BCUT2D eigenvalue weighted by atomic mass is 16.5. The normalized spacial score (nSPS) is 22.5. The number of anilines is 1. The first kappa shape index (κ1) is 15.8. The minimum atomic E-state index is -1.26. The maximum absolute atomic E-state index is 12.7. The molecule has 0 unspecified atom stereocenters. The Hall–Kier alpha value is -3.10. The molecule has 124 valence electrons. The Morgan fingerprint density at radius 2 is 1.92 bits per heavy atom. The maximum atomic E-state index is 12.7. The first-order valence-electron chi connectivity index (χ1n) is 7.15. The predicted molar refractivity (Wildman–Crippen MR) is 82.8 cm³/mol. The monoisotopic (exact) mass is 330 g/mol. The van der Waals surface area contributed by atoms with E-state index in [1.165, 1.54) is 0 Å². The lowest BCUT2D eigenvalue weighted by atomic mass is 9.98. The van der Waals surface area contributed by atoms with Gasteiger partial charge in [0.1, 0.15) is 5.92 Å². The van der Waals surface area contributed by atoms with Gasteiger partial charge >= 0.3 is 5.97 Å². The molecule has 9 nitrogen and oxygen atoms in total. The molecule has 2 heterocycles. The number of hydrazone groups is 1. The number of benzene rings is 1. The van der Waals surface area contributed by atoms with E-state index < -0.39 is 29.7 Å². The highest BCUT2D eigenvalue weighted by Gasteiger charge is 2.59. The SMILES string of the molecule is COC(=O)C1=NN(N=O)[C@@H]2C(=O)N(c3ccc(C)c(C)c3)C(=O)[C@H]12. The second kappa shape index (κ2) is 5.52. The van der Waals surface area contributed by atoms with Gasteiger partial charge in [0.05, 0.1) is 18.1 Å². The fourth-order valence-electron chi connectivity index (χ4n) is 2.85. The summed E-state index contributed by atoms with van der Waals surface area (Å²) in [6, 6.07) is 3.85. The summed E-state index contributed by atoms with van der Waals surface area (Å²) in [6.07, 6.45) is 0. The van der Waals surface area contributed by atoms with E-state index in [-0.39, 0.29) is 5.71 Å². The topological polar surface area (TPSA) is 109 Å². The average Bonchev–Trinajstić information content (AvgIpc) is 3.07. The van der Waals surface area contributed by atoms with Crippen LogP contribution in [-0.4, -0.2) is 41.8 Å². The quantitative estimate of drug-likeness (QED) is 0.458. The zero-order valence-corrected chi connectivity index (χ0v) is 13.2. The van der Waals surface area contributed by atoms with Crippen LogP contribution in [0, 0.1) is 24.7 Å². The van der Waals surface area contributed by atoms with Crippen molar-refractivity contribution in [3.63, 3.8) is 0 Å². The molecule has 2 atom stereocenters. The number of esters is 1. The number of rotatable bonds is 3. The van der Waals surface area contributed by atoms with Crippen LogP contribution in [0.25, 0.3) is 0 Å². The molecule has 3 rings (SSSR count). The summed E-state index contributed by atoms with van der Waals surface area (Å²) >= 11 is 0. The number of ether oxygens (including phenoxy) is 1. The van der Waals surface area contributed by atoms with Crippen molar-refractivity contribution >= 4 is 29.2 Å². The highest BCUT2D eigenvalue weighted by molar-refractivity contribution is 6.46. The third-order valence-electron chi connectivity index (χ3n) is 4.26. The van der Waals surface area contributed by atoms with Crippen LogP contribution in [0.2, 0.25) is 0 Å². The molecule has 0 aromatic heterocycles. The summed E-state index contributed by atoms with van der Waals surface area (Å²) in [5.41, 5.74) is 1.98. The van der Waals surface area contributed by atoms with E-state index in [9.17, 15) is 19.3 Å². The zero-order valence-electron chi connectivity index (χ0n) is 13.2. The lowest BCUT2D eigenvalue weighted by Crippen LogP contribution is -2.36. The van der Waals surface area contributed by atoms with Crippen LogP contribution in [0.3, 0.4) is 0 Å². The van der Waals surface area contributed by atoms with Crippen molar-refractivity contribution in [3.05, 3.63) is 34.2 Å². The minimum absolute atomic E-state index is 0.299. The molecule has 9 heteroatoms. The molecule has 0 saturated carbocycles. The van der Waals surface area contributed by atoms with Gasteiger partial charge in [0, 0.05) is 0 Å². The van der Waals surface area contributed by atoms with Crippen molar-refractivity contribution < 1.29 is 19.1 Å². The summed E-state index contributed by atoms with van der Waals surface area (Å²) in [6.45, 7) is 3.76. The Morgan fingerprint density at radius 3 is 2.50 bits per heavy atom. The summed E-state index contributed by atoms with van der Waals surface area (Å²) < 4.78 is 4.57. The number of hydrogen-bond donors (Lipinski definition) is 0. The molecule has 0 aliphatic carbocycles. The number of fused-ring (bicyclic) bond motifs is 1. The fourth-order valence-corrected chi connectivity index (χ4v) is 2.85. The van der Waals surface area contributed by atoms with Gasteiger partial charge in [0.25, 0.3) is 5.91 Å². The Labute approximate surface area is 136 Å². The second-order valence-corrected chi connectivity index (χ2v) is 5.58. The molecule has 2 aliphatic rings. The van der Waals surface area contributed by atoms with Crippen molar-refractivity contribution in [2.75, 3.05) is 12.0 Å². The van der Waals surface area contributed by atoms with E-state index in [0.29, 0.717) is 10.8 Å². The molecule has 2 aliphatic heterocycles. The summed E-state index contributed by atoms with van der Waals surface area (Å²) in [4.78, 5) is 49.1. The number of carbonyl (C=O) groups excluding carboxylic acids is 3. The van der Waals surface area contributed by atoms with Gasteiger partial charge in [-0.1, -0.05) is 6.07 Å². The van der Waals surface area contributed by atoms with Crippen LogP contribution in [0.1, 0.15) is 11.1 Å². The molecule has 0 bridgehead atoms. The smallest absolute Gasteiger partial charge is 0.355 e. The van der Waals surface area contributed by atoms with Gasteiger partial charge in [0.15, 0.2) is 11.8 Å². The molecule has 1 saturated heterocycles. The van der Waals surface area contributed by atoms with Crippen LogP contribution < -0.4 is 4.90 Å². The van der Waals surface area contributed by atoms with Crippen LogP contribution in [-0.2, 0) is 19.1 Å². The van der Waals surface area contributed by atoms with Gasteiger partial charge in [-0.05, 0) is 37.1 Å². The Bertz CT molecular complexity index is 803. The number of methoxy groups -OCH3 is 1. The summed E-state index contributed by atoms with van der Waals surface area (Å²) in [5, 5.41) is 6.83. The molecule has 1 aromatic rings. The van der Waals surface area contributed by atoms with E-state index in [1.54, 1.807) is 18.2 Å². The molecule has 2 amide bonds. The van der Waals surface area contributed by atoms with Gasteiger partial charge in [-0.3, -0.25) is 9.59 Å². The molecule has 0 spiro atoms. The van der Waals surface area contributed by atoms with Crippen LogP contribution in [0.5, 0.6) is 0 Å². The van der Waals surface area contributed by atoms with Crippen LogP contribution in [0.15, 0.2) is 28.6 Å². The zero-order chi connectivity index (χ0) is 17.6. The Kier molecular flexibility index (Phi) is 3.63. The van der Waals surface area contributed by atoms with Gasteiger partial charge < -0.3 is 4.74 Å².